The van der Waals surface area contributed by atoms with Gasteiger partial charge >= 0.3 is 12.0 Å². The Bertz CT molecular complexity index is 709. The quantitative estimate of drug-likeness (QED) is 0.707. The predicted octanol–water partition coefficient (Wildman–Crippen LogP) is 1.98. The van der Waals surface area contributed by atoms with Crippen molar-refractivity contribution in [2.75, 3.05) is 5.32 Å². The fourth-order valence-electron chi connectivity index (χ4n) is 2.99. The number of nitrogens with zero attached hydrogens (tertiary/aromatic N) is 1. The van der Waals surface area contributed by atoms with E-state index in [-0.39, 0.29) is 11.3 Å². The lowest BCUT2D eigenvalue weighted by Crippen LogP contribution is -2.70. The zero-order valence-corrected chi connectivity index (χ0v) is 14.5. The van der Waals surface area contributed by atoms with Crippen molar-refractivity contribution in [2.24, 2.45) is 0 Å². The number of nitrogens with one attached hydrogen (secondary N) is 2. The van der Waals surface area contributed by atoms with Gasteiger partial charge in [0.05, 0.1) is 0 Å². The highest BCUT2D eigenvalue weighted by Crippen LogP contribution is 2.50. The minimum atomic E-state index is -1.03. The van der Waals surface area contributed by atoms with Gasteiger partial charge in [-0.3, -0.25) is 4.79 Å². The van der Waals surface area contributed by atoms with E-state index in [1.54, 1.807) is 38.1 Å². The Hall–Kier alpha value is -1.93. The topological polar surface area (TPSA) is 98.7 Å². The number of carbonyl (C=O) groups excluding carboxylic acids is 2. The molecule has 0 bridgehead atoms. The van der Waals surface area contributed by atoms with Gasteiger partial charge in [0.2, 0.25) is 5.91 Å². The van der Waals surface area contributed by atoms with Crippen molar-refractivity contribution in [1.82, 2.24) is 10.2 Å². The van der Waals surface area contributed by atoms with E-state index in [1.807, 2.05) is 0 Å². The van der Waals surface area contributed by atoms with Crippen LogP contribution in [0.25, 0.3) is 0 Å². The van der Waals surface area contributed by atoms with Crippen LogP contribution in [0.15, 0.2) is 24.3 Å². The molecule has 0 spiro atoms. The zero-order chi connectivity index (χ0) is 17.6. The molecule has 0 aromatic heterocycles. The summed E-state index contributed by atoms with van der Waals surface area (Å²) in [7, 11) is 0. The summed E-state index contributed by atoms with van der Waals surface area (Å²) >= 11 is 7.16. The van der Waals surface area contributed by atoms with Crippen LogP contribution in [0, 0.1) is 0 Å². The predicted molar refractivity (Wildman–Crippen MR) is 91.1 cm³/mol. The minimum absolute atomic E-state index is 0.371. The summed E-state index contributed by atoms with van der Waals surface area (Å²) in [6, 6.07) is 4.42. The van der Waals surface area contributed by atoms with Gasteiger partial charge in [-0.1, -0.05) is 11.6 Å². The highest BCUT2D eigenvalue weighted by Gasteiger charge is 2.64. The van der Waals surface area contributed by atoms with Crippen LogP contribution >= 0.6 is 23.4 Å². The van der Waals surface area contributed by atoms with Gasteiger partial charge in [0.15, 0.2) is 0 Å². The zero-order valence-electron chi connectivity index (χ0n) is 12.9. The second-order valence-electron chi connectivity index (χ2n) is 6.18. The highest BCUT2D eigenvalue weighted by molar-refractivity contribution is 8.01. The summed E-state index contributed by atoms with van der Waals surface area (Å²) in [5.74, 6) is -1.41. The molecule has 3 rings (SSSR count). The first kappa shape index (κ1) is 16.9. The number of carbonyl (C=O) groups is 3. The molecular formula is C15H16ClN3O4S. The van der Waals surface area contributed by atoms with Gasteiger partial charge in [-0.25, -0.2) is 9.59 Å². The van der Waals surface area contributed by atoms with Crippen molar-refractivity contribution in [2.45, 2.75) is 36.1 Å². The van der Waals surface area contributed by atoms with Crippen LogP contribution in [0.4, 0.5) is 10.5 Å². The number of carboxylic acids is 1. The molecule has 2 fully saturated rings. The number of rotatable bonds is 3. The molecule has 9 heteroatoms. The maximum Gasteiger partial charge on any atom is 0.327 e. The van der Waals surface area contributed by atoms with E-state index in [2.05, 4.69) is 10.6 Å². The minimum Gasteiger partial charge on any atom is -0.480 e. The molecule has 3 N–H and O–H groups in total. The van der Waals surface area contributed by atoms with Crippen LogP contribution in [-0.4, -0.2) is 50.1 Å². The van der Waals surface area contributed by atoms with Crippen LogP contribution in [0.3, 0.4) is 0 Å². The first-order valence-electron chi connectivity index (χ1n) is 7.26. The first-order valence-corrected chi connectivity index (χ1v) is 8.52. The second-order valence-corrected chi connectivity index (χ2v) is 8.39. The molecular weight excluding hydrogens is 354 g/mol. The Morgan fingerprint density at radius 2 is 1.92 bits per heavy atom. The molecule has 3 atom stereocenters. The third-order valence-corrected chi connectivity index (χ3v) is 5.89. The number of carboxylic acid groups (broad SMARTS) is 1. The molecule has 0 unspecified atom stereocenters. The number of fused-ring (bicyclic) bond motifs is 1. The van der Waals surface area contributed by atoms with Crippen molar-refractivity contribution in [3.63, 3.8) is 0 Å². The molecule has 2 aliphatic rings. The van der Waals surface area contributed by atoms with Crippen molar-refractivity contribution in [1.29, 1.82) is 0 Å². The van der Waals surface area contributed by atoms with Gasteiger partial charge in [0, 0.05) is 15.5 Å². The lowest BCUT2D eigenvalue weighted by molar-refractivity contribution is -0.159. The fraction of sp³-hybridized carbons (Fsp3) is 0.400. The van der Waals surface area contributed by atoms with Crippen LogP contribution in [0.5, 0.6) is 0 Å². The molecule has 1 aromatic rings. The molecule has 2 aliphatic heterocycles. The number of urea groups is 1. The Morgan fingerprint density at radius 3 is 2.50 bits per heavy atom. The Kier molecular flexibility index (Phi) is 4.13. The highest BCUT2D eigenvalue weighted by atomic mass is 35.5. The summed E-state index contributed by atoms with van der Waals surface area (Å²) in [4.78, 5) is 37.1. The molecule has 1 aromatic carbocycles. The Labute approximate surface area is 147 Å². The molecule has 3 amide bonds. The van der Waals surface area contributed by atoms with Crippen LogP contribution in [-0.2, 0) is 9.59 Å². The molecule has 0 saturated carbocycles. The van der Waals surface area contributed by atoms with Gasteiger partial charge in [0.1, 0.15) is 17.5 Å². The van der Waals surface area contributed by atoms with Gasteiger partial charge in [0.25, 0.3) is 0 Å². The number of hydrogen-bond acceptors (Lipinski definition) is 4. The summed E-state index contributed by atoms with van der Waals surface area (Å²) in [5.41, 5.74) is 0.545. The second kappa shape index (κ2) is 5.86. The lowest BCUT2D eigenvalue weighted by atomic mass is 9.96. The van der Waals surface area contributed by atoms with E-state index in [4.69, 9.17) is 11.6 Å². The van der Waals surface area contributed by atoms with E-state index < -0.39 is 28.8 Å². The molecule has 0 aliphatic carbocycles. The van der Waals surface area contributed by atoms with Gasteiger partial charge in [-0.15, -0.1) is 11.8 Å². The van der Waals surface area contributed by atoms with Crippen molar-refractivity contribution >= 4 is 47.0 Å². The fourth-order valence-corrected chi connectivity index (χ4v) is 4.74. The number of halogens is 1. The van der Waals surface area contributed by atoms with Crippen LogP contribution < -0.4 is 10.6 Å². The van der Waals surface area contributed by atoms with E-state index in [0.717, 1.165) is 0 Å². The SMILES string of the molecule is CC1(C)S[C@@H]2[C@H](NC(=O)Nc3ccc(Cl)cc3)C(=O)N2[C@@H]1C(=O)O. The van der Waals surface area contributed by atoms with Crippen LogP contribution in [0.2, 0.25) is 5.02 Å². The number of anilines is 1. The summed E-state index contributed by atoms with van der Waals surface area (Å²) in [6.45, 7) is 3.57. The average molecular weight is 370 g/mol. The number of amides is 3. The Balaban J connectivity index is 1.65. The van der Waals surface area contributed by atoms with Gasteiger partial charge in [-0.05, 0) is 38.1 Å². The summed E-state index contributed by atoms with van der Waals surface area (Å²) < 4.78 is -0.616. The number of aliphatic carboxylic acids is 1. The monoisotopic (exact) mass is 369 g/mol. The summed E-state index contributed by atoms with van der Waals surface area (Å²) in [6.07, 6.45) is 0. The number of benzene rings is 1. The smallest absolute Gasteiger partial charge is 0.327 e. The molecule has 2 heterocycles. The van der Waals surface area contributed by atoms with Crippen LogP contribution in [0.1, 0.15) is 13.8 Å². The molecule has 24 heavy (non-hydrogen) atoms. The van der Waals surface area contributed by atoms with E-state index in [0.29, 0.717) is 10.7 Å². The van der Waals surface area contributed by atoms with E-state index in [9.17, 15) is 19.5 Å². The maximum absolute atomic E-state index is 12.3. The number of hydrogen-bond donors (Lipinski definition) is 3. The number of thioether (sulfide) groups is 1. The lowest BCUT2D eigenvalue weighted by Gasteiger charge is -2.43. The third kappa shape index (κ3) is 2.80. The van der Waals surface area contributed by atoms with Crippen molar-refractivity contribution < 1.29 is 19.5 Å². The maximum atomic E-state index is 12.3. The standard InChI is InChI=1S/C15H16ClN3O4S/c1-15(2)10(13(21)22)19-11(20)9(12(19)24-15)18-14(23)17-8-5-3-7(16)4-6-8/h3-6,9-10,12H,1-2H3,(H,21,22)(H2,17,18,23)/t9-,10-,12-/m1/s1. The molecule has 128 valence electrons. The molecule has 0 radical (unpaired) electrons. The largest absolute Gasteiger partial charge is 0.480 e. The third-order valence-electron chi connectivity index (χ3n) is 4.06. The van der Waals surface area contributed by atoms with Gasteiger partial charge < -0.3 is 20.6 Å². The first-order chi connectivity index (χ1) is 11.2. The van der Waals surface area contributed by atoms with Gasteiger partial charge in [-0.2, -0.15) is 0 Å². The molecule has 7 nitrogen and oxygen atoms in total. The van der Waals surface area contributed by atoms with E-state index in [1.165, 1.54) is 16.7 Å². The number of β-lactam (4-membered cyclic amide) rings is 1. The Morgan fingerprint density at radius 1 is 1.29 bits per heavy atom. The van der Waals surface area contributed by atoms with Crippen molar-refractivity contribution in [3.05, 3.63) is 29.3 Å². The van der Waals surface area contributed by atoms with E-state index >= 15 is 0 Å². The summed E-state index contributed by atoms with van der Waals surface area (Å²) in [5, 5.41) is 14.8. The average Bonchev–Trinajstić information content (AvgIpc) is 2.76. The molecule has 2 saturated heterocycles. The van der Waals surface area contributed by atoms with Crippen molar-refractivity contribution in [3.8, 4) is 0 Å². The normalized spacial score (nSPS) is 27.2.